The van der Waals surface area contributed by atoms with E-state index in [9.17, 15) is 4.79 Å². The van der Waals surface area contributed by atoms with Gasteiger partial charge in [0.2, 0.25) is 5.91 Å². The van der Waals surface area contributed by atoms with Gasteiger partial charge in [-0.2, -0.15) is 0 Å². The Bertz CT molecular complexity index is 716. The number of aromatic nitrogens is 2. The molecule has 1 aromatic heterocycles. The van der Waals surface area contributed by atoms with Gasteiger partial charge in [0.25, 0.3) is 0 Å². The zero-order valence-electron chi connectivity index (χ0n) is 14.3. The maximum atomic E-state index is 12.7. The molecule has 2 aromatic rings. The number of rotatable bonds is 3. The van der Waals surface area contributed by atoms with E-state index in [1.165, 1.54) is 18.5 Å². The molecule has 2 heterocycles. The summed E-state index contributed by atoms with van der Waals surface area (Å²) in [6, 6.07) is 10.7. The van der Waals surface area contributed by atoms with Crippen molar-refractivity contribution in [1.29, 1.82) is 0 Å². The molecule has 0 N–H and O–H groups in total. The molecule has 1 unspecified atom stereocenters. The third-order valence-electron chi connectivity index (χ3n) is 5.56. The van der Waals surface area contributed by atoms with Gasteiger partial charge in [-0.1, -0.05) is 43.2 Å². The average molecular weight is 323 g/mol. The molecule has 24 heavy (non-hydrogen) atoms. The number of hydrogen-bond acceptors (Lipinski definition) is 2. The molecule has 4 rings (SSSR count). The Labute approximate surface area is 143 Å². The van der Waals surface area contributed by atoms with Crippen molar-refractivity contribution < 1.29 is 4.79 Å². The lowest BCUT2D eigenvalue weighted by Gasteiger charge is -2.22. The van der Waals surface area contributed by atoms with Crippen LogP contribution in [-0.2, 0) is 4.79 Å². The van der Waals surface area contributed by atoms with Gasteiger partial charge in [0.1, 0.15) is 5.82 Å². The molecule has 4 nitrogen and oxygen atoms in total. The zero-order chi connectivity index (χ0) is 16.5. The maximum Gasteiger partial charge on any atom is 0.225 e. The Morgan fingerprint density at radius 1 is 1.12 bits per heavy atom. The summed E-state index contributed by atoms with van der Waals surface area (Å²) in [5.74, 6) is 1.68. The van der Waals surface area contributed by atoms with Gasteiger partial charge in [-0.15, -0.1) is 0 Å². The molecule has 2 fully saturated rings. The number of benzene rings is 1. The van der Waals surface area contributed by atoms with Gasteiger partial charge in [-0.25, -0.2) is 4.98 Å². The van der Waals surface area contributed by atoms with Gasteiger partial charge in [-0.3, -0.25) is 4.79 Å². The van der Waals surface area contributed by atoms with Gasteiger partial charge < -0.3 is 9.47 Å². The van der Waals surface area contributed by atoms with Crippen molar-refractivity contribution in [3.05, 3.63) is 42.2 Å². The largest absolute Gasteiger partial charge is 0.340 e. The molecule has 1 saturated carbocycles. The van der Waals surface area contributed by atoms with Crippen LogP contribution >= 0.6 is 0 Å². The minimum atomic E-state index is 0.279. The van der Waals surface area contributed by atoms with Crippen molar-refractivity contribution in [3.8, 4) is 11.4 Å². The predicted molar refractivity (Wildman–Crippen MR) is 94.6 cm³/mol. The van der Waals surface area contributed by atoms with Crippen LogP contribution in [0.5, 0.6) is 0 Å². The fourth-order valence-corrected chi connectivity index (χ4v) is 4.29. The number of carbonyl (C=O) groups is 1. The molecular formula is C20H25N3O. The lowest BCUT2D eigenvalue weighted by molar-refractivity contribution is -0.134. The number of carbonyl (C=O) groups excluding carboxylic acids is 1. The van der Waals surface area contributed by atoms with E-state index in [4.69, 9.17) is 0 Å². The monoisotopic (exact) mass is 323 g/mol. The Balaban J connectivity index is 1.55. The normalized spacial score (nSPS) is 21.5. The van der Waals surface area contributed by atoms with E-state index < -0.39 is 0 Å². The van der Waals surface area contributed by atoms with E-state index in [0.717, 1.165) is 43.7 Å². The maximum absolute atomic E-state index is 12.7. The van der Waals surface area contributed by atoms with E-state index in [-0.39, 0.29) is 5.92 Å². The molecule has 1 atom stereocenters. The predicted octanol–water partition coefficient (Wildman–Crippen LogP) is 3.82. The van der Waals surface area contributed by atoms with E-state index in [1.54, 1.807) is 0 Å². The highest BCUT2D eigenvalue weighted by molar-refractivity contribution is 5.79. The van der Waals surface area contributed by atoms with Gasteiger partial charge in [0.15, 0.2) is 0 Å². The quantitative estimate of drug-likeness (QED) is 0.861. The second kappa shape index (κ2) is 6.42. The van der Waals surface area contributed by atoms with Crippen LogP contribution in [0, 0.1) is 12.8 Å². The van der Waals surface area contributed by atoms with Crippen LogP contribution < -0.4 is 0 Å². The smallest absolute Gasteiger partial charge is 0.225 e. The summed E-state index contributed by atoms with van der Waals surface area (Å²) in [4.78, 5) is 19.4. The van der Waals surface area contributed by atoms with Crippen LogP contribution in [0.1, 0.15) is 43.8 Å². The molecule has 2 aliphatic rings. The van der Waals surface area contributed by atoms with Crippen molar-refractivity contribution in [2.45, 2.75) is 45.1 Å². The minimum Gasteiger partial charge on any atom is -0.340 e. The Kier molecular flexibility index (Phi) is 4.13. The topological polar surface area (TPSA) is 38.1 Å². The lowest BCUT2D eigenvalue weighted by Crippen LogP contribution is -2.33. The third kappa shape index (κ3) is 2.74. The molecule has 0 bridgehead atoms. The molecule has 0 radical (unpaired) electrons. The fourth-order valence-electron chi connectivity index (χ4n) is 4.29. The summed E-state index contributed by atoms with van der Waals surface area (Å²) in [5.41, 5.74) is 2.32. The van der Waals surface area contributed by atoms with Crippen LogP contribution in [0.4, 0.5) is 0 Å². The first-order chi connectivity index (χ1) is 11.7. The molecular weight excluding hydrogens is 298 g/mol. The second-order valence-electron chi connectivity index (χ2n) is 7.17. The van der Waals surface area contributed by atoms with E-state index in [1.807, 2.05) is 24.4 Å². The highest BCUT2D eigenvalue weighted by Gasteiger charge is 2.34. The molecule has 4 heteroatoms. The summed E-state index contributed by atoms with van der Waals surface area (Å²) in [7, 11) is 0. The van der Waals surface area contributed by atoms with Crippen LogP contribution in [0.2, 0.25) is 0 Å². The van der Waals surface area contributed by atoms with Gasteiger partial charge >= 0.3 is 0 Å². The first-order valence-corrected chi connectivity index (χ1v) is 9.12. The summed E-state index contributed by atoms with van der Waals surface area (Å²) >= 11 is 0. The first kappa shape index (κ1) is 15.4. The van der Waals surface area contributed by atoms with Crippen LogP contribution in [-0.4, -0.2) is 33.4 Å². The van der Waals surface area contributed by atoms with Crippen molar-refractivity contribution in [3.63, 3.8) is 0 Å². The Morgan fingerprint density at radius 3 is 2.62 bits per heavy atom. The molecule has 126 valence electrons. The number of likely N-dealkylation sites (tertiary alicyclic amines) is 1. The van der Waals surface area contributed by atoms with Crippen molar-refractivity contribution >= 4 is 5.91 Å². The highest BCUT2D eigenvalue weighted by atomic mass is 16.2. The minimum absolute atomic E-state index is 0.279. The van der Waals surface area contributed by atoms with Crippen molar-refractivity contribution in [1.82, 2.24) is 14.5 Å². The van der Waals surface area contributed by atoms with Gasteiger partial charge in [0, 0.05) is 36.5 Å². The standard InChI is InChI=1S/C20H25N3O/c1-15-13-21-19(16-7-3-2-4-8-16)23(15)18-11-12-22(14-18)20(24)17-9-5-6-10-17/h2-4,7-8,13,17-18H,5-6,9-12,14H2,1H3. The third-order valence-corrected chi connectivity index (χ3v) is 5.56. The van der Waals surface area contributed by atoms with Crippen LogP contribution in [0.15, 0.2) is 36.5 Å². The van der Waals surface area contributed by atoms with E-state index in [2.05, 4.69) is 33.5 Å². The first-order valence-electron chi connectivity index (χ1n) is 9.12. The van der Waals surface area contributed by atoms with Crippen molar-refractivity contribution in [2.75, 3.05) is 13.1 Å². The Hall–Kier alpha value is -2.10. The number of hydrogen-bond donors (Lipinski definition) is 0. The molecule has 0 spiro atoms. The number of nitrogens with zero attached hydrogens (tertiary/aromatic N) is 3. The average Bonchev–Trinajstić information content (AvgIpc) is 3.35. The van der Waals surface area contributed by atoms with Crippen molar-refractivity contribution in [2.24, 2.45) is 5.92 Å². The molecule has 1 aromatic carbocycles. The summed E-state index contributed by atoms with van der Waals surface area (Å²) < 4.78 is 2.33. The van der Waals surface area contributed by atoms with Crippen LogP contribution in [0.3, 0.4) is 0 Å². The summed E-state index contributed by atoms with van der Waals surface area (Å²) in [5, 5.41) is 0. The van der Waals surface area contributed by atoms with Gasteiger partial charge in [-0.05, 0) is 26.2 Å². The lowest BCUT2D eigenvalue weighted by atomic mass is 10.1. The Morgan fingerprint density at radius 2 is 1.88 bits per heavy atom. The zero-order valence-corrected chi connectivity index (χ0v) is 14.3. The molecule has 1 aliphatic carbocycles. The van der Waals surface area contributed by atoms with Crippen LogP contribution in [0.25, 0.3) is 11.4 Å². The summed E-state index contributed by atoms with van der Waals surface area (Å²) in [6.07, 6.45) is 7.57. The number of amides is 1. The molecule has 1 aliphatic heterocycles. The SMILES string of the molecule is Cc1cnc(-c2ccccc2)n1C1CCN(C(=O)C2CCCC2)C1. The summed E-state index contributed by atoms with van der Waals surface area (Å²) in [6.45, 7) is 3.82. The second-order valence-corrected chi connectivity index (χ2v) is 7.17. The van der Waals surface area contributed by atoms with Gasteiger partial charge in [0.05, 0.1) is 6.04 Å². The number of imidazole rings is 1. The molecule has 1 amide bonds. The molecule has 1 saturated heterocycles. The van der Waals surface area contributed by atoms with E-state index in [0.29, 0.717) is 11.9 Å². The highest BCUT2D eigenvalue weighted by Crippen LogP contribution is 2.32. The fraction of sp³-hybridized carbons (Fsp3) is 0.500. The van der Waals surface area contributed by atoms with E-state index >= 15 is 0 Å². The number of aryl methyl sites for hydroxylation is 1.